The Kier molecular flexibility index (Phi) is 3.99. The highest BCUT2D eigenvalue weighted by Crippen LogP contribution is 2.32. The number of aliphatic hydroxyl groups excluding tert-OH is 1. The quantitative estimate of drug-likeness (QED) is 0.602. The summed E-state index contributed by atoms with van der Waals surface area (Å²) in [5.74, 6) is 1.95. The number of rotatable bonds is 5. The Bertz CT molecular complexity index is 1000. The van der Waals surface area contributed by atoms with Crippen molar-refractivity contribution >= 4 is 10.9 Å². The van der Waals surface area contributed by atoms with Crippen LogP contribution in [-0.4, -0.2) is 22.0 Å². The third kappa shape index (κ3) is 2.90. The van der Waals surface area contributed by atoms with Crippen molar-refractivity contribution < 1.29 is 14.3 Å². The fourth-order valence-electron chi connectivity index (χ4n) is 2.93. The standard InChI is InChI=1S/C20H18N2O3/c1-24-15-7-9-17-18(11-15)22(12-14-5-3-2-4-6-14)21-20(17)19-10-8-16(13-23)25-19/h2-11,23H,12-13H2,1H3. The Hall–Kier alpha value is -3.05. The molecule has 25 heavy (non-hydrogen) atoms. The number of furan rings is 1. The molecular weight excluding hydrogens is 316 g/mol. The highest BCUT2D eigenvalue weighted by Gasteiger charge is 2.16. The number of benzene rings is 2. The molecule has 2 aromatic heterocycles. The molecule has 0 aliphatic heterocycles. The molecule has 2 heterocycles. The second-order valence-electron chi connectivity index (χ2n) is 5.80. The normalized spacial score (nSPS) is 11.1. The van der Waals surface area contributed by atoms with Gasteiger partial charge < -0.3 is 14.3 Å². The Morgan fingerprint density at radius 3 is 2.64 bits per heavy atom. The Labute approximate surface area is 145 Å². The van der Waals surface area contributed by atoms with Crippen molar-refractivity contribution in [2.75, 3.05) is 7.11 Å². The van der Waals surface area contributed by atoms with Gasteiger partial charge in [0, 0.05) is 11.5 Å². The molecule has 4 rings (SSSR count). The van der Waals surface area contributed by atoms with Gasteiger partial charge in [0.2, 0.25) is 0 Å². The van der Waals surface area contributed by atoms with Crippen LogP contribution in [0.5, 0.6) is 5.75 Å². The average molecular weight is 334 g/mol. The highest BCUT2D eigenvalue weighted by atomic mass is 16.5. The minimum Gasteiger partial charge on any atom is -0.497 e. The van der Waals surface area contributed by atoms with E-state index in [2.05, 4.69) is 12.1 Å². The van der Waals surface area contributed by atoms with Gasteiger partial charge in [0.15, 0.2) is 5.76 Å². The maximum absolute atomic E-state index is 9.24. The smallest absolute Gasteiger partial charge is 0.155 e. The molecule has 0 aliphatic carbocycles. The van der Waals surface area contributed by atoms with Crippen LogP contribution in [0.1, 0.15) is 11.3 Å². The van der Waals surface area contributed by atoms with E-state index in [4.69, 9.17) is 14.3 Å². The second-order valence-corrected chi connectivity index (χ2v) is 5.80. The summed E-state index contributed by atoms with van der Waals surface area (Å²) < 4.78 is 13.0. The lowest BCUT2D eigenvalue weighted by Crippen LogP contribution is -2.01. The molecular formula is C20H18N2O3. The number of hydrogen-bond donors (Lipinski definition) is 1. The van der Waals surface area contributed by atoms with Gasteiger partial charge in [-0.2, -0.15) is 5.10 Å². The first-order valence-electron chi connectivity index (χ1n) is 8.07. The molecule has 0 saturated heterocycles. The van der Waals surface area contributed by atoms with Crippen LogP contribution < -0.4 is 4.74 Å². The van der Waals surface area contributed by atoms with Crippen LogP contribution in [0.15, 0.2) is 65.1 Å². The molecule has 0 bridgehead atoms. The van der Waals surface area contributed by atoms with Crippen molar-refractivity contribution in [1.29, 1.82) is 0 Å². The Morgan fingerprint density at radius 2 is 1.92 bits per heavy atom. The largest absolute Gasteiger partial charge is 0.497 e. The summed E-state index contributed by atoms with van der Waals surface area (Å²) in [5, 5.41) is 15.0. The molecule has 0 spiro atoms. The summed E-state index contributed by atoms with van der Waals surface area (Å²) in [6.45, 7) is 0.522. The molecule has 5 heteroatoms. The lowest BCUT2D eigenvalue weighted by molar-refractivity contribution is 0.248. The van der Waals surface area contributed by atoms with E-state index in [9.17, 15) is 5.11 Å². The number of aromatic nitrogens is 2. The van der Waals surface area contributed by atoms with E-state index in [1.54, 1.807) is 13.2 Å². The van der Waals surface area contributed by atoms with Gasteiger partial charge >= 0.3 is 0 Å². The summed E-state index contributed by atoms with van der Waals surface area (Å²) in [4.78, 5) is 0. The molecule has 0 saturated carbocycles. The number of methoxy groups -OCH3 is 1. The fourth-order valence-corrected chi connectivity index (χ4v) is 2.93. The first-order chi connectivity index (χ1) is 12.3. The van der Waals surface area contributed by atoms with Crippen LogP contribution in [0.25, 0.3) is 22.4 Å². The highest BCUT2D eigenvalue weighted by molar-refractivity contribution is 5.93. The number of nitrogens with zero attached hydrogens (tertiary/aromatic N) is 2. The summed E-state index contributed by atoms with van der Waals surface area (Å²) in [6.07, 6.45) is 0. The van der Waals surface area contributed by atoms with Crippen LogP contribution in [0.3, 0.4) is 0 Å². The van der Waals surface area contributed by atoms with Gasteiger partial charge in [-0.15, -0.1) is 0 Å². The lowest BCUT2D eigenvalue weighted by Gasteiger charge is -2.05. The molecule has 126 valence electrons. The molecule has 2 aromatic carbocycles. The molecule has 5 nitrogen and oxygen atoms in total. The van der Waals surface area contributed by atoms with Gasteiger partial charge in [-0.05, 0) is 29.8 Å². The fraction of sp³-hybridized carbons (Fsp3) is 0.150. The number of aliphatic hydroxyl groups is 1. The predicted molar refractivity (Wildman–Crippen MR) is 95.5 cm³/mol. The number of hydrogen-bond acceptors (Lipinski definition) is 4. The monoisotopic (exact) mass is 334 g/mol. The summed E-state index contributed by atoms with van der Waals surface area (Å²) >= 11 is 0. The zero-order chi connectivity index (χ0) is 17.2. The maximum atomic E-state index is 9.24. The van der Waals surface area contributed by atoms with Crippen molar-refractivity contribution in [2.45, 2.75) is 13.2 Å². The van der Waals surface area contributed by atoms with Crippen molar-refractivity contribution in [2.24, 2.45) is 0 Å². The van der Waals surface area contributed by atoms with E-state index in [1.165, 1.54) is 0 Å². The maximum Gasteiger partial charge on any atom is 0.155 e. The van der Waals surface area contributed by atoms with E-state index in [0.717, 1.165) is 27.9 Å². The van der Waals surface area contributed by atoms with Gasteiger partial charge in [0.1, 0.15) is 23.8 Å². The second kappa shape index (κ2) is 6.45. The zero-order valence-electron chi connectivity index (χ0n) is 13.8. The predicted octanol–water partition coefficient (Wildman–Crippen LogP) is 3.85. The van der Waals surface area contributed by atoms with Gasteiger partial charge in [0.25, 0.3) is 0 Å². The number of fused-ring (bicyclic) bond motifs is 1. The van der Waals surface area contributed by atoms with E-state index in [-0.39, 0.29) is 6.61 Å². The molecule has 1 N–H and O–H groups in total. The van der Waals surface area contributed by atoms with Crippen molar-refractivity contribution in [3.8, 4) is 17.2 Å². The van der Waals surface area contributed by atoms with Gasteiger partial charge in [-0.25, -0.2) is 0 Å². The van der Waals surface area contributed by atoms with Crippen LogP contribution in [0, 0.1) is 0 Å². The molecule has 0 aliphatic rings. The average Bonchev–Trinajstić information content (AvgIpc) is 3.27. The summed E-state index contributed by atoms with van der Waals surface area (Å²) in [6, 6.07) is 19.7. The molecule has 0 radical (unpaired) electrons. The molecule has 0 unspecified atom stereocenters. The van der Waals surface area contributed by atoms with Crippen molar-refractivity contribution in [1.82, 2.24) is 9.78 Å². The topological polar surface area (TPSA) is 60.4 Å². The van der Waals surface area contributed by atoms with E-state index in [0.29, 0.717) is 18.1 Å². The summed E-state index contributed by atoms with van der Waals surface area (Å²) in [7, 11) is 1.65. The van der Waals surface area contributed by atoms with Crippen LogP contribution >= 0.6 is 0 Å². The van der Waals surface area contributed by atoms with Gasteiger partial charge in [0.05, 0.1) is 19.2 Å². The van der Waals surface area contributed by atoms with Gasteiger partial charge in [-0.3, -0.25) is 4.68 Å². The van der Waals surface area contributed by atoms with Crippen LogP contribution in [0.2, 0.25) is 0 Å². The SMILES string of the molecule is COc1ccc2c(-c3ccc(CO)o3)nn(Cc3ccccc3)c2c1. The van der Waals surface area contributed by atoms with E-state index < -0.39 is 0 Å². The number of ether oxygens (including phenoxy) is 1. The molecule has 0 amide bonds. The van der Waals surface area contributed by atoms with Crippen molar-refractivity contribution in [3.05, 3.63) is 72.0 Å². The van der Waals surface area contributed by atoms with Gasteiger partial charge in [-0.1, -0.05) is 30.3 Å². The molecule has 0 fully saturated rings. The first-order valence-corrected chi connectivity index (χ1v) is 8.07. The lowest BCUT2D eigenvalue weighted by atomic mass is 10.1. The van der Waals surface area contributed by atoms with Crippen LogP contribution in [-0.2, 0) is 13.2 Å². The van der Waals surface area contributed by atoms with E-state index >= 15 is 0 Å². The zero-order valence-corrected chi connectivity index (χ0v) is 13.8. The first kappa shape index (κ1) is 15.5. The Balaban J connectivity index is 1.86. The third-order valence-corrected chi connectivity index (χ3v) is 4.18. The molecule has 0 atom stereocenters. The minimum absolute atomic E-state index is 0.128. The van der Waals surface area contributed by atoms with Crippen LogP contribution in [0.4, 0.5) is 0 Å². The van der Waals surface area contributed by atoms with Crippen molar-refractivity contribution in [3.63, 3.8) is 0 Å². The van der Waals surface area contributed by atoms with E-state index in [1.807, 2.05) is 47.1 Å². The molecule has 4 aromatic rings. The Morgan fingerprint density at radius 1 is 1.08 bits per heavy atom. The summed E-state index contributed by atoms with van der Waals surface area (Å²) in [5.41, 5.74) is 2.89. The minimum atomic E-state index is -0.128. The third-order valence-electron chi connectivity index (χ3n) is 4.18.